The van der Waals surface area contributed by atoms with E-state index < -0.39 is 5.54 Å². The van der Waals surface area contributed by atoms with Crippen molar-refractivity contribution in [2.75, 3.05) is 0 Å². The maximum absolute atomic E-state index is 5.74. The molecule has 0 amide bonds. The average Bonchev–Trinajstić information content (AvgIpc) is 2.29. The molecule has 3 nitrogen and oxygen atoms in total. The van der Waals surface area contributed by atoms with Crippen molar-refractivity contribution in [2.24, 2.45) is 12.8 Å². The molecule has 3 heteroatoms. The Morgan fingerprint density at radius 1 is 1.54 bits per heavy atom. The van der Waals surface area contributed by atoms with Crippen LogP contribution in [0.5, 0.6) is 0 Å². The largest absolute Gasteiger partial charge is 0.316 e. The van der Waals surface area contributed by atoms with Gasteiger partial charge in [0.15, 0.2) is 0 Å². The van der Waals surface area contributed by atoms with Crippen LogP contribution < -0.4 is 5.73 Å². The first kappa shape index (κ1) is 9.82. The predicted octanol–water partition coefficient (Wildman–Crippen LogP) is 0.817. The van der Waals surface area contributed by atoms with Gasteiger partial charge in [0.1, 0.15) is 0 Å². The van der Waals surface area contributed by atoms with Gasteiger partial charge in [0, 0.05) is 7.05 Å². The van der Waals surface area contributed by atoms with Crippen LogP contribution >= 0.6 is 0 Å². The number of rotatable bonds is 0. The SMILES string of the molecule is Cc1c(C#CC(C)(C)N)cnn1C. The third-order valence-corrected chi connectivity index (χ3v) is 1.75. The molecule has 0 aliphatic rings. The molecule has 1 rings (SSSR count). The van der Waals surface area contributed by atoms with Crippen molar-refractivity contribution < 1.29 is 0 Å². The zero-order valence-corrected chi connectivity index (χ0v) is 8.55. The summed E-state index contributed by atoms with van der Waals surface area (Å²) < 4.78 is 1.80. The number of aromatic nitrogens is 2. The van der Waals surface area contributed by atoms with Crippen molar-refractivity contribution in [1.82, 2.24) is 9.78 Å². The minimum Gasteiger partial charge on any atom is -0.316 e. The summed E-state index contributed by atoms with van der Waals surface area (Å²) in [6.07, 6.45) is 1.76. The summed E-state index contributed by atoms with van der Waals surface area (Å²) in [7, 11) is 1.90. The monoisotopic (exact) mass is 177 g/mol. The molecule has 2 N–H and O–H groups in total. The molecule has 0 aliphatic heterocycles. The van der Waals surface area contributed by atoms with Crippen LogP contribution in [0.1, 0.15) is 25.1 Å². The minimum absolute atomic E-state index is 0.442. The van der Waals surface area contributed by atoms with E-state index in [-0.39, 0.29) is 0 Å². The zero-order valence-electron chi connectivity index (χ0n) is 8.55. The van der Waals surface area contributed by atoms with Crippen molar-refractivity contribution in [1.29, 1.82) is 0 Å². The molecule has 0 radical (unpaired) electrons. The molecule has 0 bridgehead atoms. The van der Waals surface area contributed by atoms with E-state index in [1.807, 2.05) is 27.8 Å². The normalized spacial score (nSPS) is 10.8. The molecule has 1 aromatic rings. The number of hydrogen-bond acceptors (Lipinski definition) is 2. The smallest absolute Gasteiger partial charge is 0.0722 e. The van der Waals surface area contributed by atoms with Crippen molar-refractivity contribution in [2.45, 2.75) is 26.3 Å². The van der Waals surface area contributed by atoms with E-state index in [0.29, 0.717) is 0 Å². The molecular weight excluding hydrogens is 162 g/mol. The van der Waals surface area contributed by atoms with Crippen molar-refractivity contribution in [3.8, 4) is 11.8 Å². The summed E-state index contributed by atoms with van der Waals surface area (Å²) in [6, 6.07) is 0. The molecule has 0 aliphatic carbocycles. The summed E-state index contributed by atoms with van der Waals surface area (Å²) in [5, 5.41) is 4.09. The van der Waals surface area contributed by atoms with E-state index in [1.165, 1.54) is 0 Å². The third kappa shape index (κ3) is 2.60. The highest BCUT2D eigenvalue weighted by Crippen LogP contribution is 2.03. The second-order valence-electron chi connectivity index (χ2n) is 3.74. The van der Waals surface area contributed by atoms with Gasteiger partial charge in [0.2, 0.25) is 0 Å². The zero-order chi connectivity index (χ0) is 10.1. The summed E-state index contributed by atoms with van der Waals surface area (Å²) in [5.74, 6) is 5.98. The van der Waals surface area contributed by atoms with Gasteiger partial charge in [-0.1, -0.05) is 11.8 Å². The lowest BCUT2D eigenvalue weighted by Crippen LogP contribution is -2.29. The first-order chi connectivity index (χ1) is 5.90. The highest BCUT2D eigenvalue weighted by Gasteiger charge is 2.05. The molecule has 13 heavy (non-hydrogen) atoms. The number of nitrogens with two attached hydrogens (primary N) is 1. The van der Waals surface area contributed by atoms with Gasteiger partial charge in [-0.05, 0) is 20.8 Å². The molecule has 0 fully saturated rings. The number of aryl methyl sites for hydroxylation is 1. The topological polar surface area (TPSA) is 43.8 Å². The second kappa shape index (κ2) is 3.23. The molecule has 0 spiro atoms. The lowest BCUT2D eigenvalue weighted by Gasteiger charge is -2.07. The maximum Gasteiger partial charge on any atom is 0.0722 e. The summed E-state index contributed by atoms with van der Waals surface area (Å²) in [6.45, 7) is 5.75. The van der Waals surface area contributed by atoms with Crippen LogP contribution in [-0.2, 0) is 7.05 Å². The van der Waals surface area contributed by atoms with Gasteiger partial charge in [0.25, 0.3) is 0 Å². The summed E-state index contributed by atoms with van der Waals surface area (Å²) >= 11 is 0. The Balaban J connectivity index is 2.97. The molecule has 0 aromatic carbocycles. The first-order valence-corrected chi connectivity index (χ1v) is 4.21. The predicted molar refractivity (Wildman–Crippen MR) is 53.1 cm³/mol. The van der Waals surface area contributed by atoms with Crippen molar-refractivity contribution in [3.05, 3.63) is 17.5 Å². The Kier molecular flexibility index (Phi) is 2.44. The molecule has 0 atom stereocenters. The van der Waals surface area contributed by atoms with Crippen LogP contribution in [0, 0.1) is 18.8 Å². The van der Waals surface area contributed by atoms with Crippen LogP contribution in [0.2, 0.25) is 0 Å². The number of hydrogen-bond donors (Lipinski definition) is 1. The van der Waals surface area contributed by atoms with E-state index >= 15 is 0 Å². The molecule has 1 aromatic heterocycles. The lowest BCUT2D eigenvalue weighted by molar-refractivity contribution is 0.680. The standard InChI is InChI=1S/C10H15N3/c1-8-9(7-12-13(8)4)5-6-10(2,3)11/h7H,11H2,1-4H3. The molecule has 70 valence electrons. The van der Waals surface area contributed by atoms with E-state index in [0.717, 1.165) is 11.3 Å². The fourth-order valence-electron chi connectivity index (χ4n) is 0.850. The highest BCUT2D eigenvalue weighted by atomic mass is 15.3. The van der Waals surface area contributed by atoms with E-state index in [1.54, 1.807) is 10.9 Å². The fourth-order valence-corrected chi connectivity index (χ4v) is 0.850. The van der Waals surface area contributed by atoms with Gasteiger partial charge < -0.3 is 5.73 Å². The number of nitrogens with zero attached hydrogens (tertiary/aromatic N) is 2. The van der Waals surface area contributed by atoms with E-state index in [4.69, 9.17) is 5.73 Å². The van der Waals surface area contributed by atoms with Crippen LogP contribution in [0.25, 0.3) is 0 Å². The van der Waals surface area contributed by atoms with Crippen LogP contribution in [-0.4, -0.2) is 15.3 Å². The van der Waals surface area contributed by atoms with E-state index in [2.05, 4.69) is 16.9 Å². The summed E-state index contributed by atoms with van der Waals surface area (Å²) in [4.78, 5) is 0. The van der Waals surface area contributed by atoms with Gasteiger partial charge in [0.05, 0.1) is 23.0 Å². The Bertz CT molecular complexity index is 358. The second-order valence-corrected chi connectivity index (χ2v) is 3.74. The van der Waals surface area contributed by atoms with E-state index in [9.17, 15) is 0 Å². The lowest BCUT2D eigenvalue weighted by atomic mass is 10.1. The fraction of sp³-hybridized carbons (Fsp3) is 0.500. The van der Waals surface area contributed by atoms with Gasteiger partial charge >= 0.3 is 0 Å². The molecule has 0 unspecified atom stereocenters. The molecule has 1 heterocycles. The van der Waals surface area contributed by atoms with Gasteiger partial charge in [-0.25, -0.2) is 0 Å². The van der Waals surface area contributed by atoms with Gasteiger partial charge in [-0.2, -0.15) is 5.10 Å². The third-order valence-electron chi connectivity index (χ3n) is 1.75. The van der Waals surface area contributed by atoms with Crippen LogP contribution in [0.15, 0.2) is 6.20 Å². The van der Waals surface area contributed by atoms with Gasteiger partial charge in [-0.15, -0.1) is 0 Å². The average molecular weight is 177 g/mol. The minimum atomic E-state index is -0.442. The first-order valence-electron chi connectivity index (χ1n) is 4.21. The van der Waals surface area contributed by atoms with Crippen molar-refractivity contribution in [3.63, 3.8) is 0 Å². The quantitative estimate of drug-likeness (QED) is 0.596. The van der Waals surface area contributed by atoms with Crippen LogP contribution in [0.3, 0.4) is 0 Å². The highest BCUT2D eigenvalue weighted by molar-refractivity contribution is 5.37. The van der Waals surface area contributed by atoms with Crippen LogP contribution in [0.4, 0.5) is 0 Å². The molecular formula is C10H15N3. The van der Waals surface area contributed by atoms with Gasteiger partial charge in [-0.3, -0.25) is 4.68 Å². The maximum atomic E-state index is 5.74. The Hall–Kier alpha value is -1.27. The Morgan fingerprint density at radius 3 is 2.54 bits per heavy atom. The Labute approximate surface area is 78.9 Å². The van der Waals surface area contributed by atoms with Crippen molar-refractivity contribution >= 4 is 0 Å². The Morgan fingerprint density at radius 2 is 2.15 bits per heavy atom. The molecule has 0 saturated carbocycles. The molecule has 0 saturated heterocycles. The summed E-state index contributed by atoms with van der Waals surface area (Å²) in [5.41, 5.74) is 7.31.